The van der Waals surface area contributed by atoms with Crippen molar-refractivity contribution < 1.29 is 4.42 Å². The molecule has 0 unspecified atom stereocenters. The number of aromatic nitrogens is 2. The Morgan fingerprint density at radius 1 is 1.36 bits per heavy atom. The molecular formula is C9H8BrN3O. The standard InChI is InChI=1S/C9H8BrN3O/c1-5-12-6(4-9(11)13-5)7-2-3-8(10)14-7/h2-4H,1H3,(H2,11,12,13). The molecule has 0 atom stereocenters. The summed E-state index contributed by atoms with van der Waals surface area (Å²) in [6.45, 7) is 1.79. The molecule has 72 valence electrons. The molecule has 2 aromatic heterocycles. The number of anilines is 1. The fourth-order valence-corrected chi connectivity index (χ4v) is 1.48. The van der Waals surface area contributed by atoms with Crippen LogP contribution in [0.3, 0.4) is 0 Å². The molecule has 5 heteroatoms. The molecule has 0 saturated heterocycles. The molecule has 2 rings (SSSR count). The van der Waals surface area contributed by atoms with Gasteiger partial charge < -0.3 is 10.2 Å². The topological polar surface area (TPSA) is 64.9 Å². The molecule has 0 radical (unpaired) electrons. The Hall–Kier alpha value is -1.36. The Morgan fingerprint density at radius 2 is 2.14 bits per heavy atom. The van der Waals surface area contributed by atoms with Gasteiger partial charge in [0.1, 0.15) is 17.3 Å². The lowest BCUT2D eigenvalue weighted by Crippen LogP contribution is -1.96. The highest BCUT2D eigenvalue weighted by molar-refractivity contribution is 9.10. The predicted octanol–water partition coefficient (Wildman–Crippen LogP) is 2.39. The van der Waals surface area contributed by atoms with Crippen LogP contribution in [0.5, 0.6) is 0 Å². The molecular weight excluding hydrogens is 246 g/mol. The Kier molecular flexibility index (Phi) is 2.25. The minimum atomic E-state index is 0.444. The summed E-state index contributed by atoms with van der Waals surface area (Å²) in [5, 5.41) is 0. The molecule has 0 aromatic carbocycles. The van der Waals surface area contributed by atoms with Crippen LogP contribution in [0.15, 0.2) is 27.3 Å². The summed E-state index contributed by atoms with van der Waals surface area (Å²) in [4.78, 5) is 8.19. The summed E-state index contributed by atoms with van der Waals surface area (Å²) in [6.07, 6.45) is 0. The van der Waals surface area contributed by atoms with E-state index in [1.807, 2.05) is 12.1 Å². The third-order valence-corrected chi connectivity index (χ3v) is 2.11. The molecule has 0 saturated carbocycles. The number of nitrogens with two attached hydrogens (primary N) is 1. The highest BCUT2D eigenvalue weighted by Crippen LogP contribution is 2.24. The molecule has 2 aromatic rings. The molecule has 0 aliphatic heterocycles. The lowest BCUT2D eigenvalue weighted by atomic mass is 10.3. The molecule has 0 aliphatic carbocycles. The van der Waals surface area contributed by atoms with E-state index >= 15 is 0 Å². The first-order valence-corrected chi connectivity index (χ1v) is 4.81. The number of furan rings is 1. The van der Waals surface area contributed by atoms with E-state index in [0.29, 0.717) is 27.8 Å². The fourth-order valence-electron chi connectivity index (χ4n) is 1.17. The van der Waals surface area contributed by atoms with Gasteiger partial charge in [-0.3, -0.25) is 0 Å². The first-order chi connectivity index (χ1) is 6.65. The third kappa shape index (κ3) is 1.77. The highest BCUT2D eigenvalue weighted by atomic mass is 79.9. The van der Waals surface area contributed by atoms with Crippen LogP contribution in [0.4, 0.5) is 5.82 Å². The van der Waals surface area contributed by atoms with Crippen molar-refractivity contribution in [3.8, 4) is 11.5 Å². The van der Waals surface area contributed by atoms with Crippen LogP contribution in [-0.4, -0.2) is 9.97 Å². The zero-order valence-electron chi connectivity index (χ0n) is 7.49. The molecule has 14 heavy (non-hydrogen) atoms. The Morgan fingerprint density at radius 3 is 2.71 bits per heavy atom. The van der Waals surface area contributed by atoms with E-state index in [0.717, 1.165) is 0 Å². The molecule has 4 nitrogen and oxygen atoms in total. The summed E-state index contributed by atoms with van der Waals surface area (Å²) < 4.78 is 6.02. The zero-order chi connectivity index (χ0) is 10.1. The third-order valence-electron chi connectivity index (χ3n) is 1.68. The number of nitrogen functional groups attached to an aromatic ring is 1. The Balaban J connectivity index is 2.51. The van der Waals surface area contributed by atoms with E-state index in [4.69, 9.17) is 10.2 Å². The molecule has 0 aliphatic rings. The number of hydrogen-bond acceptors (Lipinski definition) is 4. The molecule has 2 N–H and O–H groups in total. The van der Waals surface area contributed by atoms with E-state index in [2.05, 4.69) is 25.9 Å². The normalized spacial score (nSPS) is 10.4. The van der Waals surface area contributed by atoms with Gasteiger partial charge in [-0.25, -0.2) is 9.97 Å². The minimum Gasteiger partial charge on any atom is -0.448 e. The molecule has 0 spiro atoms. The lowest BCUT2D eigenvalue weighted by molar-refractivity contribution is 0.553. The van der Waals surface area contributed by atoms with E-state index in [1.54, 1.807) is 13.0 Å². The molecule has 0 fully saturated rings. The molecule has 0 amide bonds. The minimum absolute atomic E-state index is 0.444. The van der Waals surface area contributed by atoms with Crippen molar-refractivity contribution in [2.24, 2.45) is 0 Å². The molecule has 0 bridgehead atoms. The van der Waals surface area contributed by atoms with Gasteiger partial charge in [-0.2, -0.15) is 0 Å². The largest absolute Gasteiger partial charge is 0.448 e. The maximum atomic E-state index is 5.60. The van der Waals surface area contributed by atoms with Gasteiger partial charge in [0.25, 0.3) is 0 Å². The first kappa shape index (κ1) is 9.21. The van der Waals surface area contributed by atoms with Crippen molar-refractivity contribution >= 4 is 21.7 Å². The number of halogens is 1. The summed E-state index contributed by atoms with van der Waals surface area (Å²) in [7, 11) is 0. The maximum absolute atomic E-state index is 5.60. The maximum Gasteiger partial charge on any atom is 0.169 e. The van der Waals surface area contributed by atoms with E-state index < -0.39 is 0 Å². The summed E-state index contributed by atoms with van der Waals surface area (Å²) in [5.74, 6) is 1.75. The van der Waals surface area contributed by atoms with Crippen molar-refractivity contribution in [3.05, 3.63) is 28.7 Å². The van der Waals surface area contributed by atoms with Gasteiger partial charge in [0.15, 0.2) is 10.4 Å². The number of nitrogens with zero attached hydrogens (tertiary/aromatic N) is 2. The van der Waals surface area contributed by atoms with E-state index in [-0.39, 0.29) is 0 Å². The van der Waals surface area contributed by atoms with E-state index in [1.165, 1.54) is 0 Å². The quantitative estimate of drug-likeness (QED) is 0.848. The van der Waals surface area contributed by atoms with Crippen molar-refractivity contribution in [3.63, 3.8) is 0 Å². The van der Waals surface area contributed by atoms with Crippen LogP contribution in [0.25, 0.3) is 11.5 Å². The fraction of sp³-hybridized carbons (Fsp3) is 0.111. The number of aryl methyl sites for hydroxylation is 1. The van der Waals surface area contributed by atoms with Crippen LogP contribution < -0.4 is 5.73 Å². The summed E-state index contributed by atoms with van der Waals surface area (Å²) in [6, 6.07) is 5.31. The Bertz CT molecular complexity index is 447. The number of rotatable bonds is 1. The summed E-state index contributed by atoms with van der Waals surface area (Å²) >= 11 is 3.23. The molecule has 2 heterocycles. The average Bonchev–Trinajstić information content (AvgIpc) is 2.50. The van der Waals surface area contributed by atoms with Crippen molar-refractivity contribution in [2.75, 3.05) is 5.73 Å². The van der Waals surface area contributed by atoms with Gasteiger partial charge >= 0.3 is 0 Å². The summed E-state index contributed by atoms with van der Waals surface area (Å²) in [5.41, 5.74) is 6.29. The first-order valence-electron chi connectivity index (χ1n) is 4.02. The van der Waals surface area contributed by atoms with Crippen molar-refractivity contribution in [1.82, 2.24) is 9.97 Å². The lowest BCUT2D eigenvalue weighted by Gasteiger charge is -1.99. The second kappa shape index (κ2) is 3.42. The van der Waals surface area contributed by atoms with Crippen LogP contribution in [-0.2, 0) is 0 Å². The predicted molar refractivity (Wildman–Crippen MR) is 56.6 cm³/mol. The van der Waals surface area contributed by atoms with Crippen LogP contribution in [0.1, 0.15) is 5.82 Å². The smallest absolute Gasteiger partial charge is 0.169 e. The van der Waals surface area contributed by atoms with Gasteiger partial charge in [-0.1, -0.05) is 0 Å². The average molecular weight is 254 g/mol. The van der Waals surface area contributed by atoms with Gasteiger partial charge in [0, 0.05) is 6.07 Å². The van der Waals surface area contributed by atoms with Gasteiger partial charge in [0.2, 0.25) is 0 Å². The van der Waals surface area contributed by atoms with Crippen LogP contribution >= 0.6 is 15.9 Å². The Labute approximate surface area is 89.3 Å². The van der Waals surface area contributed by atoms with Crippen LogP contribution in [0.2, 0.25) is 0 Å². The van der Waals surface area contributed by atoms with Crippen LogP contribution in [0, 0.1) is 6.92 Å². The highest BCUT2D eigenvalue weighted by Gasteiger charge is 2.06. The monoisotopic (exact) mass is 253 g/mol. The van der Waals surface area contributed by atoms with E-state index in [9.17, 15) is 0 Å². The van der Waals surface area contributed by atoms with Gasteiger partial charge in [-0.05, 0) is 35.0 Å². The second-order valence-corrected chi connectivity index (χ2v) is 3.61. The SMILES string of the molecule is Cc1nc(N)cc(-c2ccc(Br)o2)n1. The van der Waals surface area contributed by atoms with Crippen molar-refractivity contribution in [1.29, 1.82) is 0 Å². The van der Waals surface area contributed by atoms with Gasteiger partial charge in [0.05, 0.1) is 0 Å². The zero-order valence-corrected chi connectivity index (χ0v) is 9.08. The van der Waals surface area contributed by atoms with Crippen molar-refractivity contribution in [2.45, 2.75) is 6.92 Å². The van der Waals surface area contributed by atoms with Gasteiger partial charge in [-0.15, -0.1) is 0 Å². The second-order valence-electron chi connectivity index (χ2n) is 2.83. The number of hydrogen-bond donors (Lipinski definition) is 1.